The number of aryl methyl sites for hydroxylation is 1. The average Bonchev–Trinajstić information content (AvgIpc) is 3.10. The zero-order valence-electron chi connectivity index (χ0n) is 13.5. The molecule has 2 fully saturated rings. The Morgan fingerprint density at radius 1 is 1.29 bits per heavy atom. The van der Waals surface area contributed by atoms with Gasteiger partial charge in [-0.2, -0.15) is 0 Å². The number of imidazole rings is 1. The van der Waals surface area contributed by atoms with Crippen LogP contribution in [0.15, 0.2) is 36.7 Å². The standard InChI is InChI=1S/C18H20ClN3O2/c1-21-9-8-20-17(21)18(24)10-12-6-7-13(11-18)22(12)16(23)14-4-2-3-5-15(14)19/h2-5,8-9,12-13,24H,6-7,10-11H2,1H3/t12-,13+,18?. The van der Waals surface area contributed by atoms with Crippen LogP contribution in [-0.4, -0.2) is 37.5 Å². The summed E-state index contributed by atoms with van der Waals surface area (Å²) in [4.78, 5) is 19.3. The van der Waals surface area contributed by atoms with E-state index in [-0.39, 0.29) is 18.0 Å². The maximum absolute atomic E-state index is 13.0. The summed E-state index contributed by atoms with van der Waals surface area (Å²) in [5, 5.41) is 11.6. The molecule has 0 radical (unpaired) electrons. The molecule has 0 saturated carbocycles. The van der Waals surface area contributed by atoms with Crippen LogP contribution in [0.3, 0.4) is 0 Å². The summed E-state index contributed by atoms with van der Waals surface area (Å²) in [5.41, 5.74) is -0.431. The molecule has 1 aromatic heterocycles. The Labute approximate surface area is 145 Å². The topological polar surface area (TPSA) is 58.4 Å². The van der Waals surface area contributed by atoms with Crippen LogP contribution in [0, 0.1) is 0 Å². The van der Waals surface area contributed by atoms with Gasteiger partial charge in [0, 0.05) is 44.4 Å². The predicted octanol–water partition coefficient (Wildman–Crippen LogP) is 2.73. The molecule has 24 heavy (non-hydrogen) atoms. The Morgan fingerprint density at radius 3 is 2.54 bits per heavy atom. The normalized spacial score (nSPS) is 29.0. The number of piperidine rings is 1. The molecule has 2 aliphatic rings. The lowest BCUT2D eigenvalue weighted by molar-refractivity contribution is -0.0555. The minimum Gasteiger partial charge on any atom is -0.382 e. The number of hydrogen-bond acceptors (Lipinski definition) is 3. The highest BCUT2D eigenvalue weighted by Gasteiger charge is 2.51. The van der Waals surface area contributed by atoms with E-state index < -0.39 is 5.60 Å². The molecule has 0 aliphatic carbocycles. The van der Waals surface area contributed by atoms with Gasteiger partial charge in [0.05, 0.1) is 10.6 Å². The molecule has 6 heteroatoms. The number of fused-ring (bicyclic) bond motifs is 2. The molecule has 1 unspecified atom stereocenters. The number of amides is 1. The van der Waals surface area contributed by atoms with Gasteiger partial charge >= 0.3 is 0 Å². The second kappa shape index (κ2) is 5.60. The van der Waals surface area contributed by atoms with Crippen LogP contribution in [0.25, 0.3) is 0 Å². The second-order valence-corrected chi connectivity index (χ2v) is 7.29. The van der Waals surface area contributed by atoms with E-state index in [9.17, 15) is 9.90 Å². The van der Waals surface area contributed by atoms with Crippen molar-refractivity contribution < 1.29 is 9.90 Å². The summed E-state index contributed by atoms with van der Waals surface area (Å²) in [7, 11) is 1.89. The number of rotatable bonds is 2. The third-order valence-electron chi connectivity index (χ3n) is 5.34. The Kier molecular flexibility index (Phi) is 3.66. The Morgan fingerprint density at radius 2 is 1.96 bits per heavy atom. The molecule has 1 aromatic carbocycles. The largest absolute Gasteiger partial charge is 0.382 e. The van der Waals surface area contributed by atoms with Crippen molar-refractivity contribution in [3.05, 3.63) is 53.1 Å². The first kappa shape index (κ1) is 15.7. The lowest BCUT2D eigenvalue weighted by atomic mass is 9.85. The van der Waals surface area contributed by atoms with Crippen molar-refractivity contribution >= 4 is 17.5 Å². The van der Waals surface area contributed by atoms with Gasteiger partial charge in [-0.25, -0.2) is 4.98 Å². The van der Waals surface area contributed by atoms with Crippen molar-refractivity contribution in [2.45, 2.75) is 43.4 Å². The van der Waals surface area contributed by atoms with Crippen molar-refractivity contribution in [2.24, 2.45) is 7.05 Å². The quantitative estimate of drug-likeness (QED) is 0.910. The van der Waals surface area contributed by atoms with E-state index in [0.29, 0.717) is 29.3 Å². The zero-order valence-corrected chi connectivity index (χ0v) is 14.3. The summed E-state index contributed by atoms with van der Waals surface area (Å²) < 4.78 is 1.87. The van der Waals surface area contributed by atoms with Crippen molar-refractivity contribution in [2.75, 3.05) is 0 Å². The smallest absolute Gasteiger partial charge is 0.255 e. The fraction of sp³-hybridized carbons (Fsp3) is 0.444. The average molecular weight is 346 g/mol. The Hall–Kier alpha value is -1.85. The van der Waals surface area contributed by atoms with E-state index >= 15 is 0 Å². The number of aromatic nitrogens is 2. The van der Waals surface area contributed by atoms with E-state index in [1.54, 1.807) is 18.3 Å². The van der Waals surface area contributed by atoms with Gasteiger partial charge in [0.2, 0.25) is 0 Å². The van der Waals surface area contributed by atoms with Gasteiger partial charge in [-0.15, -0.1) is 0 Å². The molecule has 0 spiro atoms. The van der Waals surface area contributed by atoms with E-state index in [1.807, 2.05) is 34.8 Å². The molecule has 3 atom stereocenters. The predicted molar refractivity (Wildman–Crippen MR) is 90.8 cm³/mol. The van der Waals surface area contributed by atoms with E-state index in [4.69, 9.17) is 11.6 Å². The lowest BCUT2D eigenvalue weighted by Gasteiger charge is -2.43. The Balaban J connectivity index is 1.63. The SMILES string of the molecule is Cn1ccnc1C1(O)C[C@H]2CC[C@@H](C1)N2C(=O)c1ccccc1Cl. The minimum atomic E-state index is -0.971. The Bertz CT molecular complexity index is 774. The highest BCUT2D eigenvalue weighted by atomic mass is 35.5. The third kappa shape index (κ3) is 2.34. The number of aliphatic hydroxyl groups is 1. The number of nitrogens with zero attached hydrogens (tertiary/aromatic N) is 3. The van der Waals surface area contributed by atoms with Crippen molar-refractivity contribution in [1.29, 1.82) is 0 Å². The molecule has 2 aliphatic heterocycles. The summed E-state index contributed by atoms with van der Waals surface area (Å²) in [6.45, 7) is 0. The number of benzene rings is 1. The molecule has 3 heterocycles. The number of carbonyl (C=O) groups is 1. The molecule has 126 valence electrons. The molecule has 5 nitrogen and oxygen atoms in total. The van der Waals surface area contributed by atoms with Crippen molar-refractivity contribution in [3.8, 4) is 0 Å². The van der Waals surface area contributed by atoms with Crippen LogP contribution >= 0.6 is 11.6 Å². The summed E-state index contributed by atoms with van der Waals surface area (Å²) >= 11 is 6.20. The van der Waals surface area contributed by atoms with E-state index in [1.165, 1.54) is 0 Å². The number of halogens is 1. The molecular formula is C18H20ClN3O2. The molecule has 1 N–H and O–H groups in total. The lowest BCUT2D eigenvalue weighted by Crippen LogP contribution is -2.52. The van der Waals surface area contributed by atoms with Crippen LogP contribution in [0.1, 0.15) is 41.9 Å². The first-order valence-corrected chi connectivity index (χ1v) is 8.65. The zero-order chi connectivity index (χ0) is 16.9. The highest BCUT2D eigenvalue weighted by molar-refractivity contribution is 6.33. The van der Waals surface area contributed by atoms with Gasteiger partial charge in [0.15, 0.2) is 0 Å². The van der Waals surface area contributed by atoms with Crippen LogP contribution in [0.2, 0.25) is 5.02 Å². The molecular weight excluding hydrogens is 326 g/mol. The van der Waals surface area contributed by atoms with Crippen LogP contribution in [0.5, 0.6) is 0 Å². The minimum absolute atomic E-state index is 0.0224. The summed E-state index contributed by atoms with van der Waals surface area (Å²) in [6, 6.07) is 7.21. The van der Waals surface area contributed by atoms with Crippen LogP contribution < -0.4 is 0 Å². The molecule has 2 saturated heterocycles. The fourth-order valence-electron chi connectivity index (χ4n) is 4.33. The van der Waals surface area contributed by atoms with Crippen LogP contribution in [-0.2, 0) is 12.6 Å². The van der Waals surface area contributed by atoms with Crippen LogP contribution in [0.4, 0.5) is 0 Å². The first-order chi connectivity index (χ1) is 11.5. The fourth-order valence-corrected chi connectivity index (χ4v) is 4.54. The molecule has 4 rings (SSSR count). The number of carbonyl (C=O) groups excluding carboxylic acids is 1. The van der Waals surface area contributed by atoms with Crippen molar-refractivity contribution in [1.82, 2.24) is 14.5 Å². The van der Waals surface area contributed by atoms with Gasteiger partial charge in [-0.05, 0) is 25.0 Å². The van der Waals surface area contributed by atoms with E-state index in [2.05, 4.69) is 4.98 Å². The maximum atomic E-state index is 13.0. The van der Waals surface area contributed by atoms with Gasteiger partial charge in [0.25, 0.3) is 5.91 Å². The van der Waals surface area contributed by atoms with Gasteiger partial charge < -0.3 is 14.6 Å². The van der Waals surface area contributed by atoms with Gasteiger partial charge in [-0.3, -0.25) is 4.79 Å². The summed E-state index contributed by atoms with van der Waals surface area (Å²) in [5.74, 6) is 0.652. The molecule has 2 aromatic rings. The highest BCUT2D eigenvalue weighted by Crippen LogP contribution is 2.45. The van der Waals surface area contributed by atoms with Crippen molar-refractivity contribution in [3.63, 3.8) is 0 Å². The first-order valence-electron chi connectivity index (χ1n) is 8.27. The number of hydrogen-bond donors (Lipinski definition) is 1. The molecule has 2 bridgehead atoms. The third-order valence-corrected chi connectivity index (χ3v) is 5.67. The molecule has 1 amide bonds. The van der Waals surface area contributed by atoms with E-state index in [0.717, 1.165) is 12.8 Å². The maximum Gasteiger partial charge on any atom is 0.255 e. The van der Waals surface area contributed by atoms with Gasteiger partial charge in [0.1, 0.15) is 11.4 Å². The second-order valence-electron chi connectivity index (χ2n) is 6.88. The van der Waals surface area contributed by atoms with Gasteiger partial charge in [-0.1, -0.05) is 23.7 Å². The summed E-state index contributed by atoms with van der Waals surface area (Å²) in [6.07, 6.45) is 6.41. The monoisotopic (exact) mass is 345 g/mol.